The third kappa shape index (κ3) is 8.60. The highest BCUT2D eigenvalue weighted by Crippen LogP contribution is 1.89. The molecule has 0 saturated heterocycles. The number of halogens is 1. The molecule has 0 heterocycles. The van der Waals surface area contributed by atoms with Crippen LogP contribution in [0, 0.1) is 4.78 Å². The number of likely N-dealkylation sites (N-methyl/N-ethyl adjacent to an activating group) is 1. The maximum atomic E-state index is 10.7. The van der Waals surface area contributed by atoms with Crippen LogP contribution in [0.2, 0.25) is 0 Å². The van der Waals surface area contributed by atoms with Crippen LogP contribution in [-0.2, 0) is 9.92 Å². The Kier molecular flexibility index (Phi) is 4.74. The molecule has 0 aliphatic carbocycles. The van der Waals surface area contributed by atoms with Crippen molar-refractivity contribution in [2.75, 3.05) is 26.4 Å². The zero-order valence-electron chi connectivity index (χ0n) is 6.06. The van der Waals surface area contributed by atoms with Crippen molar-refractivity contribution >= 4 is 32.8 Å². The van der Waals surface area contributed by atoms with Gasteiger partial charge in [-0.2, -0.15) is 0 Å². The molecule has 0 saturated carbocycles. The summed E-state index contributed by atoms with van der Waals surface area (Å²) in [5.74, 6) is 0. The van der Waals surface area contributed by atoms with Gasteiger partial charge in [0.15, 0.2) is 0 Å². The lowest BCUT2D eigenvalue weighted by Crippen LogP contribution is -2.27. The van der Waals surface area contributed by atoms with Crippen molar-refractivity contribution in [3.05, 3.63) is 0 Å². The van der Waals surface area contributed by atoms with Crippen LogP contribution in [-0.4, -0.2) is 33.7 Å². The Hall–Kier alpha value is 0.600. The van der Waals surface area contributed by atoms with Crippen LogP contribution < -0.4 is 4.72 Å². The van der Waals surface area contributed by atoms with E-state index in [1.54, 1.807) is 0 Å². The molecule has 0 rings (SSSR count). The average molecular weight is 277 g/mol. The van der Waals surface area contributed by atoms with Gasteiger partial charge in [-0.1, -0.05) is 0 Å². The van der Waals surface area contributed by atoms with Gasteiger partial charge in [0.2, 0.25) is 0 Å². The second-order valence-corrected chi connectivity index (χ2v) is 5.69. The van der Waals surface area contributed by atoms with Crippen molar-refractivity contribution in [2.45, 2.75) is 0 Å². The first-order valence-corrected chi connectivity index (χ1v) is 5.70. The molecular formula is C4H12IN3OS. The van der Waals surface area contributed by atoms with E-state index in [1.807, 2.05) is 10.2 Å². The summed E-state index contributed by atoms with van der Waals surface area (Å²) in [7, 11) is -0.579. The molecule has 62 valence electrons. The van der Waals surface area contributed by atoms with Crippen molar-refractivity contribution in [3.8, 4) is 0 Å². The van der Waals surface area contributed by atoms with Crippen molar-refractivity contribution < 1.29 is 4.21 Å². The smallest absolute Gasteiger partial charge is 0.102 e. The monoisotopic (exact) mass is 277 g/mol. The molecule has 1 atom stereocenters. The molecule has 0 fully saturated rings. The van der Waals surface area contributed by atoms with E-state index >= 15 is 0 Å². The molecule has 0 aliphatic heterocycles. The van der Waals surface area contributed by atoms with Gasteiger partial charge in [0.25, 0.3) is 0 Å². The van der Waals surface area contributed by atoms with Crippen molar-refractivity contribution in [1.29, 1.82) is 4.78 Å². The molecule has 0 aliphatic rings. The lowest BCUT2D eigenvalue weighted by Gasteiger charge is -2.07. The summed E-state index contributed by atoms with van der Waals surface area (Å²) in [4.78, 5) is 0. The molecule has 4 nitrogen and oxygen atoms in total. The Labute approximate surface area is 76.0 Å². The highest BCUT2D eigenvalue weighted by molar-refractivity contribution is 14.1. The minimum atomic E-state index is -2.50. The minimum Gasteiger partial charge on any atom is -0.249 e. The fourth-order valence-corrected chi connectivity index (χ4v) is 1.12. The second kappa shape index (κ2) is 4.47. The fourth-order valence-electron chi connectivity index (χ4n) is 0.394. The predicted molar refractivity (Wildman–Crippen MR) is 51.4 cm³/mol. The van der Waals surface area contributed by atoms with E-state index in [2.05, 4.69) is 27.6 Å². The second-order valence-electron chi connectivity index (χ2n) is 2.07. The number of nitrogens with zero attached hydrogens (tertiary/aromatic N) is 1. The van der Waals surface area contributed by atoms with Gasteiger partial charge in [0, 0.05) is 42.2 Å². The number of hydrogen-bond acceptors (Lipinski definition) is 3. The van der Waals surface area contributed by atoms with Crippen LogP contribution in [0.4, 0.5) is 0 Å². The summed E-state index contributed by atoms with van der Waals surface area (Å²) >= 11 is 2.13. The Bertz CT molecular complexity index is 177. The van der Waals surface area contributed by atoms with Crippen LogP contribution in [0.5, 0.6) is 0 Å². The standard InChI is InChI=1S/C4H12IN3OS/c1-8(5)4-3-7-10(2,6)9/h3-4H2,1-2H3,(H2,6,7,9). The van der Waals surface area contributed by atoms with Crippen LogP contribution in [0.1, 0.15) is 0 Å². The maximum Gasteiger partial charge on any atom is 0.102 e. The minimum absolute atomic E-state index is 0.596. The number of hydrogen-bond donors (Lipinski definition) is 2. The molecule has 0 aromatic carbocycles. The molecule has 2 N–H and O–H groups in total. The third-order valence-corrected chi connectivity index (χ3v) is 2.03. The summed E-state index contributed by atoms with van der Waals surface area (Å²) in [6.07, 6.45) is 1.38. The van der Waals surface area contributed by atoms with Gasteiger partial charge in [-0.25, -0.2) is 16.8 Å². The molecular weight excluding hydrogens is 265 g/mol. The Morgan fingerprint density at radius 1 is 1.80 bits per heavy atom. The molecule has 6 heteroatoms. The summed E-state index contributed by atoms with van der Waals surface area (Å²) in [5, 5.41) is 0. The Balaban J connectivity index is 3.39. The maximum absolute atomic E-state index is 10.7. The predicted octanol–water partition coefficient (Wildman–Crippen LogP) is 0.449. The molecule has 0 aromatic heterocycles. The summed E-state index contributed by atoms with van der Waals surface area (Å²) in [6.45, 7) is 1.39. The molecule has 10 heavy (non-hydrogen) atoms. The van der Waals surface area contributed by atoms with Gasteiger partial charge in [-0.05, 0) is 7.05 Å². The highest BCUT2D eigenvalue weighted by Gasteiger charge is 1.95. The van der Waals surface area contributed by atoms with E-state index in [-0.39, 0.29) is 0 Å². The van der Waals surface area contributed by atoms with Crippen LogP contribution in [0.15, 0.2) is 0 Å². The molecule has 0 spiro atoms. The average Bonchev–Trinajstić information content (AvgIpc) is 1.59. The normalized spacial score (nSPS) is 17.2. The highest BCUT2D eigenvalue weighted by atomic mass is 127. The lowest BCUT2D eigenvalue weighted by atomic mass is 10.7. The van der Waals surface area contributed by atoms with Crippen LogP contribution in [0.25, 0.3) is 0 Å². The quantitative estimate of drug-likeness (QED) is 0.579. The van der Waals surface area contributed by atoms with E-state index in [4.69, 9.17) is 4.78 Å². The van der Waals surface area contributed by atoms with Crippen LogP contribution in [0.3, 0.4) is 0 Å². The number of nitrogens with one attached hydrogen (secondary N) is 2. The van der Waals surface area contributed by atoms with Crippen molar-refractivity contribution in [2.24, 2.45) is 0 Å². The van der Waals surface area contributed by atoms with Gasteiger partial charge in [0.1, 0.15) is 9.92 Å². The zero-order valence-corrected chi connectivity index (χ0v) is 9.03. The van der Waals surface area contributed by atoms with Gasteiger partial charge < -0.3 is 0 Å². The summed E-state index contributed by atoms with van der Waals surface area (Å²) in [6, 6.07) is 0. The van der Waals surface area contributed by atoms with E-state index in [9.17, 15) is 4.21 Å². The summed E-state index contributed by atoms with van der Waals surface area (Å²) < 4.78 is 22.2. The number of rotatable bonds is 4. The van der Waals surface area contributed by atoms with Crippen molar-refractivity contribution in [3.63, 3.8) is 0 Å². The molecule has 0 bridgehead atoms. The summed E-state index contributed by atoms with van der Waals surface area (Å²) in [5.41, 5.74) is 0. The van der Waals surface area contributed by atoms with Crippen LogP contribution >= 0.6 is 22.9 Å². The fraction of sp³-hybridized carbons (Fsp3) is 1.00. The third-order valence-electron chi connectivity index (χ3n) is 0.797. The molecule has 0 amide bonds. The Morgan fingerprint density at radius 3 is 2.60 bits per heavy atom. The largest absolute Gasteiger partial charge is 0.249 e. The van der Waals surface area contributed by atoms with E-state index in [1.165, 1.54) is 6.26 Å². The van der Waals surface area contributed by atoms with Crippen molar-refractivity contribution in [1.82, 2.24) is 7.84 Å². The van der Waals surface area contributed by atoms with E-state index in [0.29, 0.717) is 6.54 Å². The van der Waals surface area contributed by atoms with Gasteiger partial charge in [-0.3, -0.25) is 0 Å². The Morgan fingerprint density at radius 2 is 2.30 bits per heavy atom. The van der Waals surface area contributed by atoms with Gasteiger partial charge in [-0.15, -0.1) is 0 Å². The van der Waals surface area contributed by atoms with E-state index in [0.717, 1.165) is 6.54 Å². The SMILES string of the molecule is CN(I)CCNS(C)(=N)=O. The first-order valence-electron chi connectivity index (χ1n) is 2.77. The lowest BCUT2D eigenvalue weighted by molar-refractivity contribution is 0.598. The molecule has 0 radical (unpaired) electrons. The molecule has 0 aromatic rings. The topological polar surface area (TPSA) is 56.2 Å². The van der Waals surface area contributed by atoms with E-state index < -0.39 is 9.92 Å². The molecule has 1 unspecified atom stereocenters. The first-order chi connectivity index (χ1) is 4.42. The first kappa shape index (κ1) is 10.6. The zero-order chi connectivity index (χ0) is 8.20. The van der Waals surface area contributed by atoms with Gasteiger partial charge in [0.05, 0.1) is 0 Å². The van der Waals surface area contributed by atoms with Gasteiger partial charge >= 0.3 is 0 Å².